The van der Waals surface area contributed by atoms with E-state index in [0.29, 0.717) is 29.6 Å². The molecule has 3 aromatic heterocycles. The maximum Gasteiger partial charge on any atom is 0.231 e. The lowest BCUT2D eigenvalue weighted by molar-refractivity contribution is 0.174. The Bertz CT molecular complexity index is 1190. The Kier molecular flexibility index (Phi) is 4.55. The molecule has 5 rings (SSSR count). The van der Waals surface area contributed by atoms with Crippen LogP contribution in [0.1, 0.15) is 25.5 Å². The number of anilines is 3. The van der Waals surface area contributed by atoms with E-state index in [0.717, 1.165) is 22.6 Å². The van der Waals surface area contributed by atoms with Gasteiger partial charge in [-0.3, -0.25) is 4.98 Å². The third kappa shape index (κ3) is 3.45. The summed E-state index contributed by atoms with van der Waals surface area (Å²) in [6.07, 6.45) is 5.36. The highest BCUT2D eigenvalue weighted by molar-refractivity contribution is 5.87. The predicted octanol–water partition coefficient (Wildman–Crippen LogP) is 3.89. The van der Waals surface area contributed by atoms with Gasteiger partial charge in [-0.1, -0.05) is 6.07 Å². The van der Waals surface area contributed by atoms with Crippen LogP contribution >= 0.6 is 0 Å². The first kappa shape index (κ1) is 18.2. The van der Waals surface area contributed by atoms with Gasteiger partial charge in [0.15, 0.2) is 28.5 Å². The zero-order chi connectivity index (χ0) is 20.5. The molecule has 1 aliphatic rings. The van der Waals surface area contributed by atoms with Crippen molar-refractivity contribution in [2.75, 3.05) is 17.4 Å². The number of hydrogen-bond donors (Lipinski definition) is 2. The molecule has 9 nitrogen and oxygen atoms in total. The van der Waals surface area contributed by atoms with E-state index in [1.165, 1.54) is 0 Å². The lowest BCUT2D eigenvalue weighted by Gasteiger charge is -2.12. The van der Waals surface area contributed by atoms with Crippen LogP contribution < -0.4 is 20.1 Å². The average molecular weight is 403 g/mol. The number of rotatable bonds is 6. The maximum absolute atomic E-state index is 5.48. The van der Waals surface area contributed by atoms with Crippen LogP contribution in [-0.2, 0) is 6.54 Å². The average Bonchev–Trinajstić information content (AvgIpc) is 3.39. The molecule has 4 heterocycles. The molecule has 0 spiro atoms. The molecule has 1 aliphatic heterocycles. The van der Waals surface area contributed by atoms with E-state index in [2.05, 4.69) is 39.4 Å². The van der Waals surface area contributed by atoms with Crippen molar-refractivity contribution in [2.45, 2.75) is 26.4 Å². The summed E-state index contributed by atoms with van der Waals surface area (Å²) in [6.45, 7) is 4.99. The fourth-order valence-electron chi connectivity index (χ4n) is 3.26. The summed E-state index contributed by atoms with van der Waals surface area (Å²) < 4.78 is 12.9. The molecule has 30 heavy (non-hydrogen) atoms. The van der Waals surface area contributed by atoms with E-state index in [4.69, 9.17) is 14.5 Å². The molecule has 0 atom stereocenters. The Morgan fingerprint density at radius 1 is 1.13 bits per heavy atom. The summed E-state index contributed by atoms with van der Waals surface area (Å²) in [4.78, 5) is 18.1. The Morgan fingerprint density at radius 3 is 2.87 bits per heavy atom. The van der Waals surface area contributed by atoms with Crippen LogP contribution in [0.5, 0.6) is 11.5 Å². The third-order valence-corrected chi connectivity index (χ3v) is 4.79. The van der Waals surface area contributed by atoms with Crippen molar-refractivity contribution < 1.29 is 9.47 Å². The van der Waals surface area contributed by atoms with Crippen molar-refractivity contribution in [2.24, 2.45) is 0 Å². The summed E-state index contributed by atoms with van der Waals surface area (Å²) in [5.41, 5.74) is 3.34. The van der Waals surface area contributed by atoms with Gasteiger partial charge in [0.2, 0.25) is 12.7 Å². The number of pyridine rings is 1. The minimum Gasteiger partial charge on any atom is -0.454 e. The summed E-state index contributed by atoms with van der Waals surface area (Å²) in [7, 11) is 0. The molecule has 0 saturated carbocycles. The molecule has 0 saturated heterocycles. The van der Waals surface area contributed by atoms with Crippen molar-refractivity contribution in [3.8, 4) is 11.5 Å². The van der Waals surface area contributed by atoms with Crippen LogP contribution in [0.15, 0.2) is 49.1 Å². The number of fused-ring (bicyclic) bond motifs is 2. The highest BCUT2D eigenvalue weighted by Crippen LogP contribution is 2.35. The highest BCUT2D eigenvalue weighted by Gasteiger charge is 2.17. The molecule has 0 unspecified atom stereocenters. The highest BCUT2D eigenvalue weighted by atomic mass is 16.7. The van der Waals surface area contributed by atoms with Gasteiger partial charge in [0.1, 0.15) is 0 Å². The number of benzene rings is 1. The summed E-state index contributed by atoms with van der Waals surface area (Å²) in [5, 5.41) is 6.64. The standard InChI is InChI=1S/C21H21N7O2/c1-13(2)28-11-24-18-19(25-15-5-6-16-17(8-15)30-12-29-16)26-21(27-20(18)28)23-10-14-4-3-7-22-9-14/h3-9,11,13H,10,12H2,1-2H3,(H2,23,25,26,27). The summed E-state index contributed by atoms with van der Waals surface area (Å²) in [6, 6.07) is 9.80. The van der Waals surface area contributed by atoms with Crippen LogP contribution in [0.3, 0.4) is 0 Å². The lowest BCUT2D eigenvalue weighted by atomic mass is 10.2. The van der Waals surface area contributed by atoms with Gasteiger partial charge < -0.3 is 24.7 Å². The maximum atomic E-state index is 5.48. The topological polar surface area (TPSA) is 99.0 Å². The molecule has 2 N–H and O–H groups in total. The quantitative estimate of drug-likeness (QED) is 0.500. The molecule has 1 aromatic carbocycles. The minimum atomic E-state index is 0.217. The molecule has 9 heteroatoms. The first-order valence-electron chi connectivity index (χ1n) is 9.71. The molecule has 4 aromatic rings. The minimum absolute atomic E-state index is 0.217. The number of ether oxygens (including phenoxy) is 2. The third-order valence-electron chi connectivity index (χ3n) is 4.79. The monoisotopic (exact) mass is 403 g/mol. The number of nitrogens with zero attached hydrogens (tertiary/aromatic N) is 5. The van der Waals surface area contributed by atoms with Crippen LogP contribution in [0, 0.1) is 0 Å². The Balaban J connectivity index is 1.50. The molecule has 0 fully saturated rings. The lowest BCUT2D eigenvalue weighted by Crippen LogP contribution is -2.08. The molecular weight excluding hydrogens is 382 g/mol. The van der Waals surface area contributed by atoms with Crippen molar-refractivity contribution >= 4 is 28.6 Å². The van der Waals surface area contributed by atoms with Crippen LogP contribution in [0.4, 0.5) is 17.5 Å². The van der Waals surface area contributed by atoms with E-state index >= 15 is 0 Å². The first-order chi connectivity index (χ1) is 14.7. The smallest absolute Gasteiger partial charge is 0.231 e. The van der Waals surface area contributed by atoms with Crippen LogP contribution in [-0.4, -0.2) is 31.3 Å². The number of imidazole rings is 1. The van der Waals surface area contributed by atoms with E-state index in [1.54, 1.807) is 12.5 Å². The normalized spacial score (nSPS) is 12.5. The van der Waals surface area contributed by atoms with Gasteiger partial charge >= 0.3 is 0 Å². The van der Waals surface area contributed by atoms with Crippen LogP contribution in [0.2, 0.25) is 0 Å². The molecule has 0 aliphatic carbocycles. The summed E-state index contributed by atoms with van der Waals surface area (Å²) in [5.74, 6) is 2.56. The zero-order valence-corrected chi connectivity index (χ0v) is 16.7. The van der Waals surface area contributed by atoms with E-state index in [9.17, 15) is 0 Å². The first-order valence-corrected chi connectivity index (χ1v) is 9.71. The van der Waals surface area contributed by atoms with Crippen molar-refractivity contribution in [3.05, 3.63) is 54.6 Å². The molecular formula is C21H21N7O2. The van der Waals surface area contributed by atoms with Gasteiger partial charge in [-0.05, 0) is 37.6 Å². The molecule has 0 radical (unpaired) electrons. The van der Waals surface area contributed by atoms with E-state index in [1.807, 2.05) is 41.1 Å². The van der Waals surface area contributed by atoms with Crippen molar-refractivity contribution in [1.82, 2.24) is 24.5 Å². The van der Waals surface area contributed by atoms with Gasteiger partial charge in [-0.15, -0.1) is 0 Å². The van der Waals surface area contributed by atoms with Gasteiger partial charge in [-0.25, -0.2) is 4.98 Å². The van der Waals surface area contributed by atoms with Gasteiger partial charge in [-0.2, -0.15) is 9.97 Å². The fraction of sp³-hybridized carbons (Fsp3) is 0.238. The van der Waals surface area contributed by atoms with E-state index in [-0.39, 0.29) is 12.8 Å². The second-order valence-electron chi connectivity index (χ2n) is 7.22. The van der Waals surface area contributed by atoms with Gasteiger partial charge in [0.25, 0.3) is 0 Å². The molecule has 0 bridgehead atoms. The summed E-state index contributed by atoms with van der Waals surface area (Å²) >= 11 is 0. The van der Waals surface area contributed by atoms with Gasteiger partial charge in [0, 0.05) is 36.7 Å². The largest absolute Gasteiger partial charge is 0.454 e. The Morgan fingerprint density at radius 2 is 2.03 bits per heavy atom. The fourth-order valence-corrected chi connectivity index (χ4v) is 3.26. The van der Waals surface area contributed by atoms with Crippen LogP contribution in [0.25, 0.3) is 11.2 Å². The van der Waals surface area contributed by atoms with Gasteiger partial charge in [0.05, 0.1) is 6.33 Å². The number of hydrogen-bond acceptors (Lipinski definition) is 8. The number of aromatic nitrogens is 5. The SMILES string of the molecule is CC(C)n1cnc2c(Nc3ccc4c(c3)OCO4)nc(NCc3cccnc3)nc21. The van der Waals surface area contributed by atoms with Crippen molar-refractivity contribution in [3.63, 3.8) is 0 Å². The van der Waals surface area contributed by atoms with E-state index < -0.39 is 0 Å². The van der Waals surface area contributed by atoms with Crippen molar-refractivity contribution in [1.29, 1.82) is 0 Å². The Hall–Kier alpha value is -3.88. The zero-order valence-electron chi connectivity index (χ0n) is 16.7. The molecule has 152 valence electrons. The molecule has 0 amide bonds. The second-order valence-corrected chi connectivity index (χ2v) is 7.22. The second kappa shape index (κ2) is 7.51. The Labute approximate surface area is 173 Å². The predicted molar refractivity (Wildman–Crippen MR) is 113 cm³/mol. The number of nitrogens with one attached hydrogen (secondary N) is 2.